The summed E-state index contributed by atoms with van der Waals surface area (Å²) in [6, 6.07) is 5.54. The third-order valence-corrected chi connectivity index (χ3v) is 1.78. The predicted molar refractivity (Wildman–Crippen MR) is 47.0 cm³/mol. The Kier molecular flexibility index (Phi) is 1.81. The number of H-pyrrole nitrogens is 2. The minimum absolute atomic E-state index is 0.0694. The van der Waals surface area contributed by atoms with Crippen LogP contribution in [-0.4, -0.2) is 14.8 Å². The van der Waals surface area contributed by atoms with Crippen LogP contribution in [0.4, 0.5) is 4.39 Å². The molecule has 72 valence electrons. The Hall–Kier alpha value is -2.11. The van der Waals surface area contributed by atoms with E-state index >= 15 is 0 Å². The fourth-order valence-corrected chi connectivity index (χ4v) is 1.16. The first-order valence-electron chi connectivity index (χ1n) is 3.85. The van der Waals surface area contributed by atoms with Crippen LogP contribution in [-0.2, 0) is 0 Å². The van der Waals surface area contributed by atoms with Crippen molar-refractivity contribution < 1.29 is 4.39 Å². The van der Waals surface area contributed by atoms with Gasteiger partial charge in [0.05, 0.1) is 5.69 Å². The summed E-state index contributed by atoms with van der Waals surface area (Å²) in [5.74, 6) is -0.625. The number of para-hydroxylation sites is 1. The second-order valence-electron chi connectivity index (χ2n) is 2.65. The third kappa shape index (κ3) is 1.17. The lowest BCUT2D eigenvalue weighted by molar-refractivity contribution is 0.614. The second-order valence-corrected chi connectivity index (χ2v) is 2.65. The van der Waals surface area contributed by atoms with Gasteiger partial charge in [-0.1, -0.05) is 12.1 Å². The van der Waals surface area contributed by atoms with Gasteiger partial charge in [-0.3, -0.25) is 0 Å². The molecule has 2 N–H and O–H groups in total. The molecule has 0 bridgehead atoms. The van der Waals surface area contributed by atoms with E-state index in [1.54, 1.807) is 0 Å². The number of hydrogen-bond donors (Lipinski definition) is 2. The number of hydrogen-bond acceptors (Lipinski definition) is 2. The lowest BCUT2D eigenvalue weighted by Gasteiger charge is -1.98. The van der Waals surface area contributed by atoms with Gasteiger partial charge in [0.25, 0.3) is 0 Å². The molecule has 1 aromatic carbocycles. The third-order valence-electron chi connectivity index (χ3n) is 1.78. The molecule has 14 heavy (non-hydrogen) atoms. The van der Waals surface area contributed by atoms with Crippen LogP contribution in [0, 0.1) is 5.82 Å². The van der Waals surface area contributed by atoms with E-state index in [2.05, 4.69) is 10.2 Å². The molecule has 0 aliphatic carbocycles. The van der Waals surface area contributed by atoms with Crippen LogP contribution in [0.3, 0.4) is 0 Å². The molecule has 1 aromatic heterocycles. The highest BCUT2D eigenvalue weighted by Crippen LogP contribution is 2.07. The summed E-state index contributed by atoms with van der Waals surface area (Å²) >= 11 is 0. The number of halogens is 1. The van der Waals surface area contributed by atoms with Crippen molar-refractivity contribution in [2.45, 2.75) is 0 Å². The van der Waals surface area contributed by atoms with E-state index in [0.717, 1.165) is 0 Å². The Bertz CT molecular complexity index is 539. The van der Waals surface area contributed by atoms with Gasteiger partial charge in [-0.2, -0.15) is 0 Å². The maximum absolute atomic E-state index is 13.2. The molecule has 0 fully saturated rings. The topological polar surface area (TPSA) is 70.7 Å². The van der Waals surface area contributed by atoms with E-state index in [-0.39, 0.29) is 5.69 Å². The largest absolute Gasteiger partial charge is 0.349 e. The lowest BCUT2D eigenvalue weighted by atomic mass is 10.3. The van der Waals surface area contributed by atoms with E-state index < -0.39 is 17.2 Å². The van der Waals surface area contributed by atoms with Crippen molar-refractivity contribution in [3.05, 3.63) is 51.1 Å². The molecule has 2 aromatic rings. The van der Waals surface area contributed by atoms with E-state index in [0.29, 0.717) is 4.57 Å². The van der Waals surface area contributed by atoms with Crippen molar-refractivity contribution in [3.8, 4) is 5.69 Å². The fourth-order valence-electron chi connectivity index (χ4n) is 1.16. The molecular formula is C8H6FN3O2. The standard InChI is InChI=1S/C8H6FN3O2/c9-5-3-1-2-4-6(5)12-7(13)10-11-8(12)14/h1-4H,(H,10,13)(H,11,14). The first-order valence-corrected chi connectivity index (χ1v) is 3.85. The molecule has 2 rings (SSSR count). The van der Waals surface area contributed by atoms with Gasteiger partial charge in [-0.15, -0.1) is 0 Å². The Labute approximate surface area is 76.8 Å². The Morgan fingerprint density at radius 2 is 1.64 bits per heavy atom. The van der Waals surface area contributed by atoms with E-state index in [1.807, 2.05) is 0 Å². The molecule has 0 amide bonds. The van der Waals surface area contributed by atoms with Crippen molar-refractivity contribution in [1.82, 2.24) is 14.8 Å². The molecule has 0 radical (unpaired) electrons. The number of nitrogens with zero attached hydrogens (tertiary/aromatic N) is 1. The summed E-state index contributed by atoms with van der Waals surface area (Å²) in [5.41, 5.74) is -1.46. The van der Waals surface area contributed by atoms with Crippen molar-refractivity contribution in [2.75, 3.05) is 0 Å². The first kappa shape index (κ1) is 8.49. The number of aromatic amines is 2. The summed E-state index contributed by atoms with van der Waals surface area (Å²) in [6.07, 6.45) is 0. The molecule has 0 spiro atoms. The number of benzene rings is 1. The molecule has 0 saturated carbocycles. The van der Waals surface area contributed by atoms with E-state index in [1.165, 1.54) is 24.3 Å². The summed E-state index contributed by atoms with van der Waals surface area (Å²) in [6.45, 7) is 0. The predicted octanol–water partition coefficient (Wildman–Crippen LogP) is -0.00700. The highest BCUT2D eigenvalue weighted by atomic mass is 19.1. The molecule has 0 atom stereocenters. The normalized spacial score (nSPS) is 10.4. The van der Waals surface area contributed by atoms with Gasteiger partial charge in [0, 0.05) is 0 Å². The zero-order valence-electron chi connectivity index (χ0n) is 6.95. The SMILES string of the molecule is O=c1[nH][nH]c(=O)n1-c1ccccc1F. The summed E-state index contributed by atoms with van der Waals surface area (Å²) in [7, 11) is 0. The van der Waals surface area contributed by atoms with Gasteiger partial charge in [0.1, 0.15) is 5.82 Å². The first-order chi connectivity index (χ1) is 6.70. The molecule has 0 saturated heterocycles. The second kappa shape index (κ2) is 2.99. The van der Waals surface area contributed by atoms with E-state index in [9.17, 15) is 14.0 Å². The average Bonchev–Trinajstić information content (AvgIpc) is 2.48. The van der Waals surface area contributed by atoms with Gasteiger partial charge >= 0.3 is 11.4 Å². The van der Waals surface area contributed by atoms with Crippen molar-refractivity contribution in [1.29, 1.82) is 0 Å². The molecule has 0 unspecified atom stereocenters. The monoisotopic (exact) mass is 195 g/mol. The number of nitrogens with one attached hydrogen (secondary N) is 2. The average molecular weight is 195 g/mol. The van der Waals surface area contributed by atoms with Crippen LogP contribution in [0.25, 0.3) is 5.69 Å². The summed E-state index contributed by atoms with van der Waals surface area (Å²) in [4.78, 5) is 22.2. The Morgan fingerprint density at radius 3 is 2.21 bits per heavy atom. The zero-order chi connectivity index (χ0) is 10.1. The van der Waals surface area contributed by atoms with Crippen LogP contribution in [0.2, 0.25) is 0 Å². The number of aromatic nitrogens is 3. The minimum atomic E-state index is -0.694. The van der Waals surface area contributed by atoms with Crippen molar-refractivity contribution in [3.63, 3.8) is 0 Å². The highest BCUT2D eigenvalue weighted by molar-refractivity contribution is 5.32. The molecular weight excluding hydrogens is 189 g/mol. The van der Waals surface area contributed by atoms with Gasteiger partial charge in [-0.05, 0) is 12.1 Å². The van der Waals surface area contributed by atoms with Crippen molar-refractivity contribution >= 4 is 0 Å². The van der Waals surface area contributed by atoms with Crippen LogP contribution >= 0.6 is 0 Å². The summed E-state index contributed by atoms with van der Waals surface area (Å²) < 4.78 is 13.9. The molecule has 5 nitrogen and oxygen atoms in total. The fraction of sp³-hybridized carbons (Fsp3) is 0. The Morgan fingerprint density at radius 1 is 1.07 bits per heavy atom. The smallest absolute Gasteiger partial charge is 0.247 e. The molecule has 1 heterocycles. The maximum atomic E-state index is 13.2. The van der Waals surface area contributed by atoms with Gasteiger partial charge in [0.2, 0.25) is 0 Å². The number of rotatable bonds is 1. The van der Waals surface area contributed by atoms with Crippen LogP contribution in [0.5, 0.6) is 0 Å². The lowest BCUT2D eigenvalue weighted by Crippen LogP contribution is -2.25. The molecule has 0 aliphatic rings. The van der Waals surface area contributed by atoms with Crippen LogP contribution in [0.15, 0.2) is 33.9 Å². The van der Waals surface area contributed by atoms with Gasteiger partial charge in [-0.25, -0.2) is 28.7 Å². The summed E-state index contributed by atoms with van der Waals surface area (Å²) in [5, 5.41) is 4.13. The van der Waals surface area contributed by atoms with Crippen LogP contribution in [0.1, 0.15) is 0 Å². The maximum Gasteiger partial charge on any atom is 0.349 e. The van der Waals surface area contributed by atoms with E-state index in [4.69, 9.17) is 0 Å². The molecule has 0 aliphatic heterocycles. The highest BCUT2D eigenvalue weighted by Gasteiger charge is 2.09. The van der Waals surface area contributed by atoms with Crippen molar-refractivity contribution in [2.24, 2.45) is 0 Å². The van der Waals surface area contributed by atoms with Crippen LogP contribution < -0.4 is 11.4 Å². The van der Waals surface area contributed by atoms with Gasteiger partial charge < -0.3 is 0 Å². The molecule has 6 heteroatoms. The quantitative estimate of drug-likeness (QED) is 0.672. The zero-order valence-corrected chi connectivity index (χ0v) is 6.95. The minimum Gasteiger partial charge on any atom is -0.247 e. The Balaban J connectivity index is 2.79. The van der Waals surface area contributed by atoms with Gasteiger partial charge in [0.15, 0.2) is 0 Å².